The van der Waals surface area contributed by atoms with Gasteiger partial charge in [0.1, 0.15) is 11.6 Å². The van der Waals surface area contributed by atoms with Crippen molar-refractivity contribution in [2.24, 2.45) is 0 Å². The van der Waals surface area contributed by atoms with Gasteiger partial charge in [-0.15, -0.1) is 5.10 Å². The lowest BCUT2D eigenvalue weighted by Gasteiger charge is -2.05. The number of nitrogens with zero attached hydrogens (tertiary/aromatic N) is 2. The summed E-state index contributed by atoms with van der Waals surface area (Å²) in [5.41, 5.74) is 5.38. The van der Waals surface area contributed by atoms with E-state index in [9.17, 15) is 8.42 Å². The molecular formula is C10H11N3O3S. The molecule has 0 aliphatic carbocycles. The van der Waals surface area contributed by atoms with Crippen LogP contribution in [0.3, 0.4) is 0 Å². The third kappa shape index (κ3) is 2.09. The minimum atomic E-state index is -3.67. The molecule has 0 bridgehead atoms. The van der Waals surface area contributed by atoms with E-state index in [1.165, 1.54) is 31.5 Å². The summed E-state index contributed by atoms with van der Waals surface area (Å²) in [5.74, 6) is 0.742. The van der Waals surface area contributed by atoms with Crippen LogP contribution in [0.5, 0.6) is 5.75 Å². The van der Waals surface area contributed by atoms with Crippen LogP contribution in [0, 0.1) is 0 Å². The SMILES string of the molecule is COc1ccc(S(=O)(=O)n2ccc(N)n2)cc1. The molecule has 17 heavy (non-hydrogen) atoms. The van der Waals surface area contributed by atoms with Crippen LogP contribution in [0.25, 0.3) is 0 Å². The number of nitrogen functional groups attached to an aromatic ring is 1. The molecule has 2 N–H and O–H groups in total. The van der Waals surface area contributed by atoms with Gasteiger partial charge in [-0.25, -0.2) is 0 Å². The Morgan fingerprint density at radius 2 is 1.88 bits per heavy atom. The smallest absolute Gasteiger partial charge is 0.283 e. The average Bonchev–Trinajstić information content (AvgIpc) is 2.77. The van der Waals surface area contributed by atoms with Gasteiger partial charge in [-0.2, -0.15) is 12.5 Å². The maximum atomic E-state index is 12.1. The second-order valence-corrected chi connectivity index (χ2v) is 5.09. The number of hydrogen-bond acceptors (Lipinski definition) is 5. The van der Waals surface area contributed by atoms with E-state index >= 15 is 0 Å². The number of methoxy groups -OCH3 is 1. The molecule has 2 aromatic rings. The minimum absolute atomic E-state index is 0.126. The van der Waals surface area contributed by atoms with Crippen molar-refractivity contribution >= 4 is 15.8 Å². The number of rotatable bonds is 3. The minimum Gasteiger partial charge on any atom is -0.497 e. The van der Waals surface area contributed by atoms with Crippen LogP contribution < -0.4 is 10.5 Å². The molecule has 0 aliphatic rings. The lowest BCUT2D eigenvalue weighted by atomic mass is 10.3. The molecule has 7 heteroatoms. The number of aromatic nitrogens is 2. The molecule has 1 heterocycles. The van der Waals surface area contributed by atoms with Crippen LogP contribution in [-0.4, -0.2) is 24.7 Å². The molecule has 2 rings (SSSR count). The second kappa shape index (κ2) is 4.10. The van der Waals surface area contributed by atoms with E-state index in [0.29, 0.717) is 5.75 Å². The highest BCUT2D eigenvalue weighted by Crippen LogP contribution is 2.17. The Hall–Kier alpha value is -2.02. The Labute approximate surface area is 98.7 Å². The van der Waals surface area contributed by atoms with Gasteiger partial charge in [-0.3, -0.25) is 0 Å². The lowest BCUT2D eigenvalue weighted by molar-refractivity contribution is 0.414. The molecule has 0 unspecified atom stereocenters. The number of nitrogens with two attached hydrogens (primary N) is 1. The average molecular weight is 253 g/mol. The van der Waals surface area contributed by atoms with E-state index in [-0.39, 0.29) is 10.7 Å². The van der Waals surface area contributed by atoms with E-state index < -0.39 is 10.0 Å². The summed E-state index contributed by atoms with van der Waals surface area (Å²) < 4.78 is 29.9. The fourth-order valence-corrected chi connectivity index (χ4v) is 2.43. The van der Waals surface area contributed by atoms with Gasteiger partial charge < -0.3 is 10.5 Å². The molecule has 0 aliphatic heterocycles. The molecule has 0 saturated carbocycles. The molecule has 0 radical (unpaired) electrons. The first-order valence-corrected chi connectivity index (χ1v) is 6.19. The van der Waals surface area contributed by atoms with Crippen molar-refractivity contribution in [3.05, 3.63) is 36.5 Å². The first-order chi connectivity index (χ1) is 8.04. The van der Waals surface area contributed by atoms with Crippen molar-refractivity contribution in [3.8, 4) is 5.75 Å². The molecule has 1 aromatic heterocycles. The topological polar surface area (TPSA) is 87.2 Å². The van der Waals surface area contributed by atoms with Gasteiger partial charge in [-0.1, -0.05) is 0 Å². The van der Waals surface area contributed by atoms with Crippen molar-refractivity contribution in [2.75, 3.05) is 12.8 Å². The predicted molar refractivity (Wildman–Crippen MR) is 62.2 cm³/mol. The summed E-state index contributed by atoms with van der Waals surface area (Å²) in [4.78, 5) is 0.126. The lowest BCUT2D eigenvalue weighted by Crippen LogP contribution is -2.13. The quantitative estimate of drug-likeness (QED) is 0.870. The highest BCUT2D eigenvalue weighted by Gasteiger charge is 2.17. The van der Waals surface area contributed by atoms with E-state index in [1.54, 1.807) is 12.1 Å². The summed E-state index contributed by atoms with van der Waals surface area (Å²) in [6, 6.07) is 7.46. The van der Waals surface area contributed by atoms with Crippen LogP contribution in [0.15, 0.2) is 41.4 Å². The predicted octanol–water partition coefficient (Wildman–Crippen LogP) is 0.711. The summed E-state index contributed by atoms with van der Waals surface area (Å²) >= 11 is 0. The maximum Gasteiger partial charge on any atom is 0.283 e. The van der Waals surface area contributed by atoms with Gasteiger partial charge in [0.05, 0.1) is 12.0 Å². The maximum absolute atomic E-state index is 12.1. The standard InChI is InChI=1S/C10H11N3O3S/c1-16-8-2-4-9(5-3-8)17(14,15)13-7-6-10(11)12-13/h2-7H,1H3,(H2,11,12). The Bertz CT molecular complexity index is 617. The summed E-state index contributed by atoms with van der Waals surface area (Å²) in [6.45, 7) is 0. The Balaban J connectivity index is 2.44. The van der Waals surface area contributed by atoms with Crippen molar-refractivity contribution in [2.45, 2.75) is 4.90 Å². The van der Waals surface area contributed by atoms with Crippen LogP contribution in [-0.2, 0) is 10.0 Å². The van der Waals surface area contributed by atoms with Crippen LogP contribution in [0.4, 0.5) is 5.82 Å². The van der Waals surface area contributed by atoms with E-state index in [1.807, 2.05) is 0 Å². The first-order valence-electron chi connectivity index (χ1n) is 4.75. The van der Waals surface area contributed by atoms with Crippen molar-refractivity contribution < 1.29 is 13.2 Å². The zero-order chi connectivity index (χ0) is 12.5. The zero-order valence-corrected chi connectivity index (χ0v) is 9.89. The molecule has 0 amide bonds. The highest BCUT2D eigenvalue weighted by molar-refractivity contribution is 7.89. The monoisotopic (exact) mass is 253 g/mol. The van der Waals surface area contributed by atoms with Crippen molar-refractivity contribution in [3.63, 3.8) is 0 Å². The van der Waals surface area contributed by atoms with Crippen LogP contribution >= 0.6 is 0 Å². The molecule has 1 aromatic carbocycles. The van der Waals surface area contributed by atoms with Gasteiger partial charge in [0.25, 0.3) is 10.0 Å². The summed E-state index contributed by atoms with van der Waals surface area (Å²) in [5, 5.41) is 3.68. The molecule has 0 spiro atoms. The third-order valence-corrected chi connectivity index (χ3v) is 3.75. The second-order valence-electron chi connectivity index (χ2n) is 3.29. The van der Waals surface area contributed by atoms with Gasteiger partial charge in [0, 0.05) is 12.3 Å². The third-order valence-electron chi connectivity index (χ3n) is 2.19. The van der Waals surface area contributed by atoms with E-state index in [2.05, 4.69) is 5.10 Å². The van der Waals surface area contributed by atoms with E-state index in [4.69, 9.17) is 10.5 Å². The first kappa shape index (κ1) is 11.5. The van der Waals surface area contributed by atoms with Crippen molar-refractivity contribution in [1.29, 1.82) is 0 Å². The fraction of sp³-hybridized carbons (Fsp3) is 0.100. The molecule has 90 valence electrons. The fourth-order valence-electron chi connectivity index (χ4n) is 1.31. The van der Waals surface area contributed by atoms with Gasteiger partial charge in [0.2, 0.25) is 0 Å². The summed E-state index contributed by atoms with van der Waals surface area (Å²) in [7, 11) is -2.16. The molecular weight excluding hydrogens is 242 g/mol. The van der Waals surface area contributed by atoms with Crippen LogP contribution in [0.2, 0.25) is 0 Å². The van der Waals surface area contributed by atoms with Gasteiger partial charge in [0.15, 0.2) is 0 Å². The Morgan fingerprint density at radius 1 is 1.24 bits per heavy atom. The Kier molecular flexibility index (Phi) is 2.76. The van der Waals surface area contributed by atoms with Crippen molar-refractivity contribution in [1.82, 2.24) is 9.19 Å². The molecule has 6 nitrogen and oxygen atoms in total. The summed E-state index contributed by atoms with van der Waals surface area (Å²) in [6.07, 6.45) is 1.30. The van der Waals surface area contributed by atoms with Gasteiger partial charge in [-0.05, 0) is 24.3 Å². The Morgan fingerprint density at radius 3 is 2.35 bits per heavy atom. The normalized spacial score (nSPS) is 11.4. The van der Waals surface area contributed by atoms with Crippen LogP contribution in [0.1, 0.15) is 0 Å². The number of ether oxygens (including phenoxy) is 1. The largest absolute Gasteiger partial charge is 0.497 e. The molecule has 0 fully saturated rings. The number of benzene rings is 1. The molecule has 0 atom stereocenters. The number of hydrogen-bond donors (Lipinski definition) is 1. The van der Waals surface area contributed by atoms with Gasteiger partial charge >= 0.3 is 0 Å². The van der Waals surface area contributed by atoms with E-state index in [0.717, 1.165) is 4.09 Å². The number of anilines is 1. The zero-order valence-electron chi connectivity index (χ0n) is 9.07. The highest BCUT2D eigenvalue weighted by atomic mass is 32.2. The molecule has 0 saturated heterocycles.